The molecule has 1 atom stereocenters. The van der Waals surface area contributed by atoms with Crippen molar-refractivity contribution in [3.63, 3.8) is 0 Å². The normalized spacial score (nSPS) is 20.9. The van der Waals surface area contributed by atoms with Crippen molar-refractivity contribution in [3.8, 4) is 0 Å². The first kappa shape index (κ1) is 38.3. The number of pyridine rings is 1. The minimum absolute atomic E-state index is 0.00404. The lowest BCUT2D eigenvalue weighted by Crippen LogP contribution is -2.44. The highest BCUT2D eigenvalue weighted by Gasteiger charge is 2.34. The summed E-state index contributed by atoms with van der Waals surface area (Å²) in [5.74, 6) is -0.100. The highest BCUT2D eigenvalue weighted by Crippen LogP contribution is 2.35. The zero-order valence-electron chi connectivity index (χ0n) is 32.7. The SMILES string of the molecule is Cn1c(=O)n(C2CCC(=O)NC2=O)c2cccc(C3CCN(Cc4cccc(S(=O)(=O)N5CCC(Nc6ncc7ccc(=O)n(C8CCCC8)c7n6)CC5)c4)CC3)c21. The van der Waals surface area contributed by atoms with Crippen LogP contribution in [-0.4, -0.2) is 85.3 Å². The van der Waals surface area contributed by atoms with Gasteiger partial charge in [0.05, 0.1) is 15.9 Å². The van der Waals surface area contributed by atoms with Gasteiger partial charge in [0, 0.05) is 62.8 Å². The van der Waals surface area contributed by atoms with Gasteiger partial charge in [-0.3, -0.25) is 38.3 Å². The van der Waals surface area contributed by atoms with Gasteiger partial charge in [-0.05, 0) is 99.3 Å². The summed E-state index contributed by atoms with van der Waals surface area (Å²) in [5.41, 5.74) is 3.86. The molecular formula is C42H49N9O6S. The Labute approximate surface area is 336 Å². The molecule has 2 N–H and O–H groups in total. The van der Waals surface area contributed by atoms with Crippen molar-refractivity contribution in [2.24, 2.45) is 7.05 Å². The Kier molecular flexibility index (Phi) is 10.3. The molecule has 1 unspecified atom stereocenters. The molecule has 304 valence electrons. The molecule has 1 aliphatic carbocycles. The van der Waals surface area contributed by atoms with E-state index in [-0.39, 0.29) is 41.6 Å². The van der Waals surface area contributed by atoms with Crippen LogP contribution < -0.4 is 21.9 Å². The number of aromatic nitrogens is 5. The van der Waals surface area contributed by atoms with Crippen LogP contribution >= 0.6 is 0 Å². The van der Waals surface area contributed by atoms with E-state index in [4.69, 9.17) is 4.98 Å². The standard InChI is InChI=1S/C42H49N9O6S/c1-47-38-33(10-5-11-34(38)51(42(47)55)35-13-14-36(52)45-40(35)54)28-16-20-48(21-17-28)26-27-6-4-9-32(24-27)58(56,57)49-22-18-30(19-23-49)44-41-43-25-29-12-15-37(53)50(39(29)46-41)31-7-2-3-8-31/h4-6,9-12,15,24-25,28,30-31,35H,2-3,7-8,13-14,16-23,26H2,1H3,(H,43,44,46)(H,45,52,54). The summed E-state index contributed by atoms with van der Waals surface area (Å²) in [7, 11) is -1.97. The maximum absolute atomic E-state index is 13.9. The molecule has 0 bridgehead atoms. The number of nitrogens with zero attached hydrogens (tertiary/aromatic N) is 7. The highest BCUT2D eigenvalue weighted by atomic mass is 32.2. The monoisotopic (exact) mass is 807 g/mol. The number of carbonyl (C=O) groups is 2. The largest absolute Gasteiger partial charge is 0.351 e. The van der Waals surface area contributed by atoms with E-state index < -0.39 is 22.0 Å². The molecule has 15 nitrogen and oxygen atoms in total. The van der Waals surface area contributed by atoms with Crippen LogP contribution in [0.15, 0.2) is 75.3 Å². The summed E-state index contributed by atoms with van der Waals surface area (Å²) in [5, 5.41) is 6.62. The first-order chi connectivity index (χ1) is 28.0. The van der Waals surface area contributed by atoms with Crippen LogP contribution in [0.2, 0.25) is 0 Å². The summed E-state index contributed by atoms with van der Waals surface area (Å²) in [6.45, 7) is 2.97. The molecule has 0 spiro atoms. The average Bonchev–Trinajstić information content (AvgIpc) is 3.85. The number of benzene rings is 2. The van der Waals surface area contributed by atoms with Crippen molar-refractivity contribution in [1.29, 1.82) is 0 Å². The lowest BCUT2D eigenvalue weighted by molar-refractivity contribution is -0.135. The summed E-state index contributed by atoms with van der Waals surface area (Å²) in [4.78, 5) is 62.8. The molecule has 58 heavy (non-hydrogen) atoms. The van der Waals surface area contributed by atoms with E-state index in [1.807, 2.05) is 28.8 Å². The lowest BCUT2D eigenvalue weighted by Gasteiger charge is -2.33. The number of para-hydroxylation sites is 1. The number of anilines is 1. The molecule has 2 amide bonds. The number of nitrogens with one attached hydrogen (secondary N) is 2. The summed E-state index contributed by atoms with van der Waals surface area (Å²) >= 11 is 0. The molecule has 5 aromatic rings. The van der Waals surface area contributed by atoms with Crippen LogP contribution in [0.5, 0.6) is 0 Å². The van der Waals surface area contributed by atoms with Gasteiger partial charge in [0.1, 0.15) is 11.7 Å². The second-order valence-corrected chi connectivity index (χ2v) is 18.3. The first-order valence-corrected chi connectivity index (χ1v) is 22.0. The minimum Gasteiger partial charge on any atom is -0.351 e. The average molecular weight is 808 g/mol. The number of rotatable bonds is 9. The van der Waals surface area contributed by atoms with Crippen molar-refractivity contribution in [3.05, 3.63) is 92.8 Å². The van der Waals surface area contributed by atoms with Crippen LogP contribution in [0, 0.1) is 0 Å². The number of imide groups is 1. The first-order valence-electron chi connectivity index (χ1n) is 20.5. The Bertz CT molecular complexity index is 2630. The molecule has 2 aromatic carbocycles. The topological polar surface area (TPSA) is 174 Å². The van der Waals surface area contributed by atoms with E-state index in [1.165, 1.54) is 4.57 Å². The van der Waals surface area contributed by atoms with Crippen LogP contribution in [0.1, 0.15) is 93.3 Å². The number of aryl methyl sites for hydroxylation is 1. The third kappa shape index (κ3) is 7.15. The number of likely N-dealkylation sites (tertiary alicyclic amines) is 1. The van der Waals surface area contributed by atoms with Gasteiger partial charge in [-0.15, -0.1) is 0 Å². The molecule has 1 saturated carbocycles. The Balaban J connectivity index is 0.824. The molecule has 16 heteroatoms. The van der Waals surface area contributed by atoms with Gasteiger partial charge in [-0.25, -0.2) is 18.2 Å². The number of imidazole rings is 1. The molecule has 0 radical (unpaired) electrons. The molecular weight excluding hydrogens is 759 g/mol. The Hall–Kier alpha value is -5.19. The van der Waals surface area contributed by atoms with Gasteiger partial charge in [0.15, 0.2) is 0 Å². The lowest BCUT2D eigenvalue weighted by atomic mass is 9.88. The molecule has 3 aromatic heterocycles. The van der Waals surface area contributed by atoms with E-state index in [0.29, 0.717) is 60.9 Å². The van der Waals surface area contributed by atoms with Crippen molar-refractivity contribution in [2.75, 3.05) is 31.5 Å². The quantitative estimate of drug-likeness (QED) is 0.206. The molecule has 6 heterocycles. The van der Waals surface area contributed by atoms with E-state index in [2.05, 4.69) is 26.6 Å². The fourth-order valence-electron chi connectivity index (χ4n) is 9.69. The van der Waals surface area contributed by atoms with Gasteiger partial charge < -0.3 is 5.32 Å². The second-order valence-electron chi connectivity index (χ2n) is 16.4. The second kappa shape index (κ2) is 15.5. The van der Waals surface area contributed by atoms with Crippen LogP contribution in [0.25, 0.3) is 22.1 Å². The van der Waals surface area contributed by atoms with Gasteiger partial charge in [0.25, 0.3) is 5.56 Å². The number of hydrogen-bond acceptors (Lipinski definition) is 10. The number of carbonyl (C=O) groups excluding carboxylic acids is 2. The van der Waals surface area contributed by atoms with Gasteiger partial charge in [-0.1, -0.05) is 37.1 Å². The molecule has 3 saturated heterocycles. The number of piperidine rings is 3. The predicted octanol–water partition coefficient (Wildman–Crippen LogP) is 4.18. The smallest absolute Gasteiger partial charge is 0.329 e. The summed E-state index contributed by atoms with van der Waals surface area (Å²) < 4.78 is 34.4. The fourth-order valence-corrected chi connectivity index (χ4v) is 11.2. The fraction of sp³-hybridized carbons (Fsp3) is 0.476. The van der Waals surface area contributed by atoms with E-state index in [0.717, 1.165) is 73.6 Å². The molecule has 4 fully saturated rings. The predicted molar refractivity (Wildman–Crippen MR) is 219 cm³/mol. The summed E-state index contributed by atoms with van der Waals surface area (Å²) in [6.07, 6.45) is 9.31. The molecule has 9 rings (SSSR count). The van der Waals surface area contributed by atoms with Crippen LogP contribution in [-0.2, 0) is 33.2 Å². The Morgan fingerprint density at radius 2 is 1.60 bits per heavy atom. The van der Waals surface area contributed by atoms with Crippen molar-refractivity contribution >= 4 is 49.9 Å². The van der Waals surface area contributed by atoms with Gasteiger partial charge >= 0.3 is 5.69 Å². The van der Waals surface area contributed by atoms with Gasteiger partial charge in [-0.2, -0.15) is 9.29 Å². The Morgan fingerprint density at radius 3 is 2.36 bits per heavy atom. The highest BCUT2D eigenvalue weighted by molar-refractivity contribution is 7.89. The maximum Gasteiger partial charge on any atom is 0.329 e. The van der Waals surface area contributed by atoms with Crippen LogP contribution in [0.3, 0.4) is 0 Å². The maximum atomic E-state index is 13.9. The number of sulfonamides is 1. The van der Waals surface area contributed by atoms with E-state index in [1.54, 1.807) is 46.4 Å². The zero-order valence-corrected chi connectivity index (χ0v) is 33.5. The minimum atomic E-state index is -3.71. The number of amides is 2. The van der Waals surface area contributed by atoms with Crippen molar-refractivity contribution in [1.82, 2.24) is 38.2 Å². The zero-order chi connectivity index (χ0) is 40.1. The third-order valence-electron chi connectivity index (χ3n) is 12.8. The molecule has 3 aliphatic heterocycles. The van der Waals surface area contributed by atoms with E-state index >= 15 is 0 Å². The number of fused-ring (bicyclic) bond motifs is 2. The molecule has 4 aliphatic rings. The number of hydrogen-bond donors (Lipinski definition) is 2. The van der Waals surface area contributed by atoms with Crippen molar-refractivity contribution in [2.45, 2.75) is 99.7 Å². The van der Waals surface area contributed by atoms with Crippen LogP contribution in [0.4, 0.5) is 5.95 Å². The third-order valence-corrected chi connectivity index (χ3v) is 14.7. The van der Waals surface area contributed by atoms with Gasteiger partial charge in [0.2, 0.25) is 27.8 Å². The van der Waals surface area contributed by atoms with E-state index in [9.17, 15) is 27.6 Å². The Morgan fingerprint density at radius 1 is 0.845 bits per heavy atom. The van der Waals surface area contributed by atoms with Crippen molar-refractivity contribution < 1.29 is 18.0 Å². The summed E-state index contributed by atoms with van der Waals surface area (Å²) in [6, 6.07) is 15.9.